The third-order valence-corrected chi connectivity index (χ3v) is 11.3. The molecule has 0 heterocycles. The Balaban J connectivity index is 1.90. The van der Waals surface area contributed by atoms with Gasteiger partial charge < -0.3 is 41.4 Å². The van der Waals surface area contributed by atoms with E-state index in [0.29, 0.717) is 50.8 Å². The number of carbonyl (C=O) groups is 7. The van der Waals surface area contributed by atoms with Crippen molar-refractivity contribution in [2.45, 2.75) is 206 Å². The molecule has 0 aromatic heterocycles. The summed E-state index contributed by atoms with van der Waals surface area (Å²) in [6, 6.07) is 13.9. The van der Waals surface area contributed by atoms with Crippen LogP contribution in [0.25, 0.3) is 0 Å². The maximum atomic E-state index is 13.6. The smallest absolute Gasteiger partial charge is 0.407 e. The first-order valence-corrected chi connectivity index (χ1v) is 25.3. The van der Waals surface area contributed by atoms with Gasteiger partial charge in [0.25, 0.3) is 0 Å². The molecule has 6 amide bonds. The Morgan fingerprint density at radius 2 is 0.985 bits per heavy atom. The number of nitrogens with one attached hydrogen (secondary N) is 6. The predicted octanol–water partition coefficient (Wildman–Crippen LogP) is 9.12. The minimum Gasteiger partial charge on any atom is -0.445 e. The maximum absolute atomic E-state index is 13.6. The van der Waals surface area contributed by atoms with E-state index in [2.05, 4.69) is 38.8 Å². The summed E-state index contributed by atoms with van der Waals surface area (Å²) < 4.78 is 10.6. The normalized spacial score (nSPS) is 12.9. The molecule has 4 atom stereocenters. The fourth-order valence-corrected chi connectivity index (χ4v) is 7.41. The Bertz CT molecular complexity index is 1770. The molecule has 0 unspecified atom stereocenters. The highest BCUT2D eigenvalue weighted by molar-refractivity contribution is 6.02. The first kappa shape index (κ1) is 58.7. The molecule has 68 heavy (non-hydrogen) atoms. The molecular formula is C53H84N6O9. The summed E-state index contributed by atoms with van der Waals surface area (Å²) >= 11 is 0. The average Bonchev–Trinajstić information content (AvgIpc) is 3.30. The Kier molecular flexibility index (Phi) is 30.0. The Morgan fingerprint density at radius 1 is 0.515 bits per heavy atom. The lowest BCUT2D eigenvalue weighted by molar-refractivity contribution is -0.133. The van der Waals surface area contributed by atoms with Gasteiger partial charge in [0.2, 0.25) is 23.6 Å². The van der Waals surface area contributed by atoms with Crippen LogP contribution in [0.2, 0.25) is 0 Å². The van der Waals surface area contributed by atoms with Gasteiger partial charge in [0.1, 0.15) is 30.3 Å². The van der Waals surface area contributed by atoms with Gasteiger partial charge in [0, 0.05) is 25.1 Å². The SMILES string of the molecule is CCCCCCCCCCCCCCCC(=O)N[C@@H](CCCCNC(=O)OC(C)(C)C)C(=O)N[C@@H](C)C(=O)N[C@@H](C)C(=O)N[C@@H](CCCCNC(=O)OCc1ccccc1)C(=O)c1ccccc1. The minimum absolute atomic E-state index is 0.141. The molecule has 2 aromatic rings. The Hall–Kier alpha value is -5.47. The summed E-state index contributed by atoms with van der Waals surface area (Å²) in [5.74, 6) is -2.31. The fraction of sp³-hybridized carbons (Fsp3) is 0.642. The van der Waals surface area contributed by atoms with Crippen LogP contribution in [0.4, 0.5) is 9.59 Å². The third kappa shape index (κ3) is 28.0. The summed E-state index contributed by atoms with van der Waals surface area (Å²) in [4.78, 5) is 91.4. The second kappa shape index (κ2) is 34.8. The molecule has 2 rings (SSSR count). The zero-order valence-electron chi connectivity index (χ0n) is 42.0. The Morgan fingerprint density at radius 3 is 1.53 bits per heavy atom. The number of benzene rings is 2. The van der Waals surface area contributed by atoms with Gasteiger partial charge in [-0.05, 0) is 85.1 Å². The van der Waals surface area contributed by atoms with E-state index in [1.807, 2.05) is 30.3 Å². The van der Waals surface area contributed by atoms with Crippen LogP contribution in [0, 0.1) is 0 Å². The predicted molar refractivity (Wildman–Crippen MR) is 267 cm³/mol. The lowest BCUT2D eigenvalue weighted by Crippen LogP contribution is -2.56. The topological polar surface area (TPSA) is 210 Å². The van der Waals surface area contributed by atoms with Crippen molar-refractivity contribution in [2.75, 3.05) is 13.1 Å². The fourth-order valence-electron chi connectivity index (χ4n) is 7.41. The number of unbranched alkanes of at least 4 members (excludes halogenated alkanes) is 14. The van der Waals surface area contributed by atoms with Gasteiger partial charge in [-0.2, -0.15) is 0 Å². The number of hydrogen-bond donors (Lipinski definition) is 6. The van der Waals surface area contributed by atoms with Crippen LogP contribution in [0.3, 0.4) is 0 Å². The molecule has 0 fully saturated rings. The van der Waals surface area contributed by atoms with Crippen molar-refractivity contribution in [2.24, 2.45) is 0 Å². The number of carbonyl (C=O) groups excluding carboxylic acids is 7. The molecule has 6 N–H and O–H groups in total. The quantitative estimate of drug-likeness (QED) is 0.0287. The molecule has 0 aliphatic carbocycles. The molecule has 15 nitrogen and oxygen atoms in total. The van der Waals surface area contributed by atoms with Gasteiger partial charge in [-0.15, -0.1) is 0 Å². The average molecular weight is 949 g/mol. The van der Waals surface area contributed by atoms with Crippen molar-refractivity contribution in [3.05, 3.63) is 71.8 Å². The maximum Gasteiger partial charge on any atom is 0.407 e. The highest BCUT2D eigenvalue weighted by Crippen LogP contribution is 2.14. The van der Waals surface area contributed by atoms with E-state index in [-0.39, 0.29) is 37.6 Å². The van der Waals surface area contributed by atoms with Crippen molar-refractivity contribution in [3.8, 4) is 0 Å². The largest absolute Gasteiger partial charge is 0.445 e. The van der Waals surface area contributed by atoms with Crippen molar-refractivity contribution in [1.29, 1.82) is 0 Å². The third-order valence-electron chi connectivity index (χ3n) is 11.3. The molecule has 15 heteroatoms. The van der Waals surface area contributed by atoms with Gasteiger partial charge in [0.05, 0.1) is 6.04 Å². The van der Waals surface area contributed by atoms with Gasteiger partial charge in [0.15, 0.2) is 5.78 Å². The molecular weight excluding hydrogens is 865 g/mol. The number of Topliss-reactive ketones (excluding diaryl/α,β-unsaturated/α-hetero) is 1. The van der Waals surface area contributed by atoms with E-state index in [4.69, 9.17) is 9.47 Å². The molecule has 0 spiro atoms. The van der Waals surface area contributed by atoms with E-state index >= 15 is 0 Å². The zero-order chi connectivity index (χ0) is 50.0. The van der Waals surface area contributed by atoms with E-state index in [9.17, 15) is 33.6 Å². The van der Waals surface area contributed by atoms with E-state index < -0.39 is 59.7 Å². The first-order chi connectivity index (χ1) is 32.6. The van der Waals surface area contributed by atoms with Crippen LogP contribution in [-0.2, 0) is 35.3 Å². The van der Waals surface area contributed by atoms with Crippen LogP contribution in [0.1, 0.15) is 186 Å². The lowest BCUT2D eigenvalue weighted by atomic mass is 9.99. The van der Waals surface area contributed by atoms with Crippen LogP contribution in [0.5, 0.6) is 0 Å². The number of ketones is 1. The summed E-state index contributed by atoms with van der Waals surface area (Å²) in [7, 11) is 0. The number of rotatable bonds is 35. The molecule has 2 aromatic carbocycles. The van der Waals surface area contributed by atoms with Gasteiger partial charge >= 0.3 is 12.2 Å². The molecule has 380 valence electrons. The van der Waals surface area contributed by atoms with E-state index in [0.717, 1.165) is 24.8 Å². The van der Waals surface area contributed by atoms with Gasteiger partial charge in [-0.25, -0.2) is 9.59 Å². The molecule has 0 bridgehead atoms. The number of amides is 6. The first-order valence-electron chi connectivity index (χ1n) is 25.3. The minimum atomic E-state index is -1.07. The van der Waals surface area contributed by atoms with Crippen molar-refractivity contribution < 1.29 is 43.0 Å². The van der Waals surface area contributed by atoms with Crippen molar-refractivity contribution in [1.82, 2.24) is 31.9 Å². The van der Waals surface area contributed by atoms with E-state index in [1.165, 1.54) is 71.6 Å². The Labute approximate surface area is 406 Å². The van der Waals surface area contributed by atoms with E-state index in [1.54, 1.807) is 51.1 Å². The second-order valence-electron chi connectivity index (χ2n) is 18.8. The highest BCUT2D eigenvalue weighted by atomic mass is 16.6. The van der Waals surface area contributed by atoms with Gasteiger partial charge in [-0.3, -0.25) is 24.0 Å². The van der Waals surface area contributed by atoms with Crippen molar-refractivity contribution in [3.63, 3.8) is 0 Å². The van der Waals surface area contributed by atoms with Crippen LogP contribution in [-0.4, -0.2) is 84.5 Å². The van der Waals surface area contributed by atoms with Crippen LogP contribution >= 0.6 is 0 Å². The van der Waals surface area contributed by atoms with Crippen molar-refractivity contribution >= 4 is 41.6 Å². The van der Waals surface area contributed by atoms with Crippen LogP contribution in [0.15, 0.2) is 60.7 Å². The standard InChI is InChI=1S/C53H84N6O9/c1-7-8-9-10-11-12-13-14-15-16-17-18-25-36-46(60)58-45(35-27-29-38-55-52(66)68-53(4,5)6)50(64)57-40(2)48(62)56-41(3)49(63)59-44(47(61)43-32-23-20-24-33-43)34-26-28-37-54-51(65)67-39-42-30-21-19-22-31-42/h19-24,30-33,40-41,44-45H,7-18,25-29,34-39H2,1-6H3,(H,54,65)(H,55,66)(H,56,62)(H,57,64)(H,58,60)(H,59,63)/t40-,41-,44-,45-/m0/s1. The highest BCUT2D eigenvalue weighted by Gasteiger charge is 2.28. The van der Waals surface area contributed by atoms with Crippen LogP contribution < -0.4 is 31.9 Å². The number of alkyl carbamates (subject to hydrolysis) is 2. The molecule has 0 aliphatic rings. The second-order valence-corrected chi connectivity index (χ2v) is 18.8. The lowest BCUT2D eigenvalue weighted by Gasteiger charge is -2.24. The monoisotopic (exact) mass is 949 g/mol. The molecule has 0 aliphatic heterocycles. The van der Waals surface area contributed by atoms with Gasteiger partial charge in [-0.1, -0.05) is 145 Å². The molecule has 0 radical (unpaired) electrons. The molecule has 0 saturated carbocycles. The zero-order valence-corrected chi connectivity index (χ0v) is 42.0. The summed E-state index contributed by atoms with van der Waals surface area (Å²) in [6.07, 6.45) is 17.2. The summed E-state index contributed by atoms with van der Waals surface area (Å²) in [5.41, 5.74) is 0.643. The number of hydrogen-bond acceptors (Lipinski definition) is 9. The summed E-state index contributed by atoms with van der Waals surface area (Å²) in [6.45, 7) is 11.3. The molecule has 0 saturated heterocycles. The summed E-state index contributed by atoms with van der Waals surface area (Å²) in [5, 5.41) is 16.4. The number of ether oxygens (including phenoxy) is 2.